The number of nitrogens with zero attached hydrogens (tertiary/aromatic N) is 2. The summed E-state index contributed by atoms with van der Waals surface area (Å²) in [4.78, 5) is 3.55. The van der Waals surface area contributed by atoms with Gasteiger partial charge in [-0.3, -0.25) is 0 Å². The van der Waals surface area contributed by atoms with Gasteiger partial charge >= 0.3 is 0 Å². The van der Waals surface area contributed by atoms with Gasteiger partial charge in [-0.2, -0.15) is 4.31 Å². The molecule has 1 aromatic rings. The third kappa shape index (κ3) is 2.29. The van der Waals surface area contributed by atoms with Crippen LogP contribution in [0.1, 0.15) is 0 Å². The molecule has 1 saturated heterocycles. The van der Waals surface area contributed by atoms with Crippen LogP contribution < -0.4 is 5.73 Å². The number of rotatable bonds is 2. The number of nitrogen functional groups attached to an aromatic ring is 1. The second-order valence-electron chi connectivity index (χ2n) is 3.99. The molecule has 0 bridgehead atoms. The lowest BCUT2D eigenvalue weighted by Gasteiger charge is -2.15. The van der Waals surface area contributed by atoms with Crippen molar-refractivity contribution in [3.05, 3.63) is 17.3 Å². The second kappa shape index (κ2) is 4.63. The van der Waals surface area contributed by atoms with Gasteiger partial charge in [0.05, 0.1) is 17.2 Å². The summed E-state index contributed by atoms with van der Waals surface area (Å²) in [7, 11) is -3.83. The van der Waals surface area contributed by atoms with Gasteiger partial charge in [0, 0.05) is 19.3 Å². The fraction of sp³-hybridized carbons (Fsp3) is 0.444. The molecule has 1 fully saturated rings. The van der Waals surface area contributed by atoms with Crippen molar-refractivity contribution in [3.63, 3.8) is 0 Å². The minimum Gasteiger partial charge on any atom is -0.389 e. The van der Waals surface area contributed by atoms with E-state index in [9.17, 15) is 18.6 Å². The lowest BCUT2D eigenvalue weighted by molar-refractivity contribution is 0.0572. The molecule has 0 aromatic carbocycles. The molecule has 2 rings (SSSR count). The smallest absolute Gasteiger partial charge is 0.244 e. The van der Waals surface area contributed by atoms with Gasteiger partial charge in [0.1, 0.15) is 10.7 Å². The van der Waals surface area contributed by atoms with Crippen LogP contribution in [0.4, 0.5) is 5.82 Å². The van der Waals surface area contributed by atoms with E-state index in [-0.39, 0.29) is 28.8 Å². The minimum absolute atomic E-state index is 0.0383. The quantitative estimate of drug-likeness (QED) is 0.647. The van der Waals surface area contributed by atoms with Crippen molar-refractivity contribution in [2.24, 2.45) is 0 Å². The van der Waals surface area contributed by atoms with Crippen LogP contribution in [0.2, 0.25) is 5.02 Å². The highest BCUT2D eigenvalue weighted by atomic mass is 35.5. The number of hydrogen-bond donors (Lipinski definition) is 3. The summed E-state index contributed by atoms with van der Waals surface area (Å²) in [5.74, 6) is 0.0390. The lowest BCUT2D eigenvalue weighted by Crippen LogP contribution is -2.30. The van der Waals surface area contributed by atoms with Crippen LogP contribution >= 0.6 is 11.6 Å². The highest BCUT2D eigenvalue weighted by molar-refractivity contribution is 7.89. The molecule has 2 unspecified atom stereocenters. The summed E-state index contributed by atoms with van der Waals surface area (Å²) >= 11 is 5.71. The van der Waals surface area contributed by atoms with Crippen molar-refractivity contribution in [1.29, 1.82) is 0 Å². The van der Waals surface area contributed by atoms with Gasteiger partial charge in [-0.05, 0) is 6.07 Å². The van der Waals surface area contributed by atoms with Crippen molar-refractivity contribution in [1.82, 2.24) is 9.29 Å². The number of halogens is 1. The maximum Gasteiger partial charge on any atom is 0.244 e. The van der Waals surface area contributed by atoms with E-state index in [1.54, 1.807) is 0 Å². The summed E-state index contributed by atoms with van der Waals surface area (Å²) in [5, 5.41) is 18.8. The molecule has 0 amide bonds. The van der Waals surface area contributed by atoms with E-state index in [1.165, 1.54) is 6.07 Å². The molecule has 0 aliphatic carbocycles. The molecular weight excluding hydrogens is 282 g/mol. The van der Waals surface area contributed by atoms with E-state index < -0.39 is 22.2 Å². The number of aliphatic hydroxyl groups is 2. The Kier molecular flexibility index (Phi) is 3.47. The van der Waals surface area contributed by atoms with Crippen LogP contribution in [0.5, 0.6) is 0 Å². The largest absolute Gasteiger partial charge is 0.389 e. The Morgan fingerprint density at radius 3 is 2.44 bits per heavy atom. The molecule has 2 heterocycles. The Hall–Kier alpha value is -0.930. The molecule has 1 aliphatic rings. The first-order valence-corrected chi connectivity index (χ1v) is 6.91. The fourth-order valence-corrected chi connectivity index (χ4v) is 3.33. The van der Waals surface area contributed by atoms with Gasteiger partial charge < -0.3 is 15.9 Å². The molecule has 9 heteroatoms. The van der Waals surface area contributed by atoms with Gasteiger partial charge in [-0.15, -0.1) is 0 Å². The van der Waals surface area contributed by atoms with Crippen LogP contribution in [-0.4, -0.2) is 53.2 Å². The third-order valence-corrected chi connectivity index (χ3v) is 4.81. The topological polar surface area (TPSA) is 117 Å². The molecule has 2 atom stereocenters. The average molecular weight is 294 g/mol. The van der Waals surface area contributed by atoms with Gasteiger partial charge in [-0.1, -0.05) is 11.6 Å². The summed E-state index contributed by atoms with van der Waals surface area (Å²) in [6, 6.07) is 1.19. The SMILES string of the molecule is Nc1ncc(S(=O)(=O)N2CC(O)C(O)C2)cc1Cl. The van der Waals surface area contributed by atoms with Crippen molar-refractivity contribution in [3.8, 4) is 0 Å². The number of β-amino-alcohol motifs (C(OH)–C–C–N with tert-alkyl or cyclic N) is 2. The van der Waals surface area contributed by atoms with Crippen molar-refractivity contribution in [2.75, 3.05) is 18.8 Å². The summed E-state index contributed by atoms with van der Waals surface area (Å²) < 4.78 is 25.3. The molecule has 100 valence electrons. The second-order valence-corrected chi connectivity index (χ2v) is 6.34. The number of sulfonamides is 1. The van der Waals surface area contributed by atoms with Crippen molar-refractivity contribution >= 4 is 27.4 Å². The zero-order valence-corrected chi connectivity index (χ0v) is 10.8. The van der Waals surface area contributed by atoms with E-state index in [0.717, 1.165) is 10.5 Å². The molecule has 18 heavy (non-hydrogen) atoms. The fourth-order valence-electron chi connectivity index (χ4n) is 1.65. The molecule has 1 aromatic heterocycles. The number of anilines is 1. The van der Waals surface area contributed by atoms with Crippen molar-refractivity contribution in [2.45, 2.75) is 17.1 Å². The molecule has 7 nitrogen and oxygen atoms in total. The van der Waals surface area contributed by atoms with Crippen LogP contribution in [-0.2, 0) is 10.0 Å². The number of nitrogens with two attached hydrogens (primary N) is 1. The van der Waals surface area contributed by atoms with Gasteiger partial charge in [0.2, 0.25) is 10.0 Å². The first-order valence-electron chi connectivity index (χ1n) is 5.09. The summed E-state index contributed by atoms with van der Waals surface area (Å²) in [5.41, 5.74) is 5.40. The molecule has 1 aliphatic heterocycles. The van der Waals surface area contributed by atoms with E-state index in [0.29, 0.717) is 0 Å². The Morgan fingerprint density at radius 2 is 1.94 bits per heavy atom. The first kappa shape index (κ1) is 13.5. The highest BCUT2D eigenvalue weighted by Crippen LogP contribution is 2.25. The predicted molar refractivity (Wildman–Crippen MR) is 64.4 cm³/mol. The average Bonchev–Trinajstić information content (AvgIpc) is 2.64. The lowest BCUT2D eigenvalue weighted by atomic mass is 10.3. The Labute approximate surface area is 109 Å². The minimum atomic E-state index is -3.83. The Bertz CT molecular complexity index is 555. The molecular formula is C9H12ClN3O4S. The number of aliphatic hydroxyl groups excluding tert-OH is 2. The third-order valence-electron chi connectivity index (χ3n) is 2.71. The molecule has 4 N–H and O–H groups in total. The van der Waals surface area contributed by atoms with Gasteiger partial charge in [-0.25, -0.2) is 13.4 Å². The number of pyridine rings is 1. The predicted octanol–water partition coefficient (Wildman–Crippen LogP) is -0.957. The van der Waals surface area contributed by atoms with Crippen LogP contribution in [0.15, 0.2) is 17.2 Å². The molecule has 0 radical (unpaired) electrons. The van der Waals surface area contributed by atoms with Gasteiger partial charge in [0.25, 0.3) is 0 Å². The standard InChI is InChI=1S/C9H12ClN3O4S/c10-6-1-5(2-12-9(6)11)18(16,17)13-3-7(14)8(15)4-13/h1-2,7-8,14-15H,3-4H2,(H2,11,12). The van der Waals surface area contributed by atoms with Crippen LogP contribution in [0.3, 0.4) is 0 Å². The van der Waals surface area contributed by atoms with Crippen LogP contribution in [0.25, 0.3) is 0 Å². The summed E-state index contributed by atoms with van der Waals surface area (Å²) in [6.45, 7) is -0.322. The zero-order valence-electron chi connectivity index (χ0n) is 9.19. The molecule has 0 saturated carbocycles. The number of aromatic nitrogens is 1. The monoisotopic (exact) mass is 293 g/mol. The maximum absolute atomic E-state index is 12.2. The summed E-state index contributed by atoms with van der Waals surface area (Å²) in [6.07, 6.45) is -1.08. The van der Waals surface area contributed by atoms with Gasteiger partial charge in [0.15, 0.2) is 0 Å². The highest BCUT2D eigenvalue weighted by Gasteiger charge is 2.37. The van der Waals surface area contributed by atoms with E-state index in [2.05, 4.69) is 4.98 Å². The van der Waals surface area contributed by atoms with E-state index in [1.807, 2.05) is 0 Å². The van der Waals surface area contributed by atoms with E-state index in [4.69, 9.17) is 17.3 Å². The molecule has 0 spiro atoms. The maximum atomic E-state index is 12.2. The normalized spacial score (nSPS) is 25.5. The number of hydrogen-bond acceptors (Lipinski definition) is 6. The van der Waals surface area contributed by atoms with E-state index >= 15 is 0 Å². The van der Waals surface area contributed by atoms with Crippen molar-refractivity contribution < 1.29 is 18.6 Å². The first-order chi connectivity index (χ1) is 8.32. The van der Waals surface area contributed by atoms with Crippen LogP contribution in [0, 0.1) is 0 Å². The Balaban J connectivity index is 2.34. The Morgan fingerprint density at radius 1 is 1.39 bits per heavy atom. The zero-order chi connectivity index (χ0) is 13.5.